The first kappa shape index (κ1) is 16.7. The molecule has 4 heterocycles. The van der Waals surface area contributed by atoms with E-state index in [9.17, 15) is 0 Å². The van der Waals surface area contributed by atoms with E-state index in [2.05, 4.69) is 54.5 Å². The predicted molar refractivity (Wildman–Crippen MR) is 104 cm³/mol. The highest BCUT2D eigenvalue weighted by molar-refractivity contribution is 5.52. The number of hydrogen-bond donors (Lipinski definition) is 2. The third kappa shape index (κ3) is 3.27. The standard InChI is InChI=1S/C19H20N8O/c20-17-23-18(24-19-22-16(25-27(17)19)15-7-4-10-28-15)21-14-8-9-26(12-14)11-13-5-2-1-3-6-13/h1-7,10,14H,8-9,11-12H2,(H3,20,21,22,23,24,25). The van der Waals surface area contributed by atoms with Crippen molar-refractivity contribution in [3.05, 3.63) is 54.3 Å². The molecule has 0 bridgehead atoms. The van der Waals surface area contributed by atoms with Crippen LogP contribution in [0.25, 0.3) is 17.4 Å². The van der Waals surface area contributed by atoms with Crippen LogP contribution in [0.1, 0.15) is 12.0 Å². The number of benzene rings is 1. The molecule has 1 unspecified atom stereocenters. The van der Waals surface area contributed by atoms with Gasteiger partial charge in [-0.1, -0.05) is 30.3 Å². The van der Waals surface area contributed by atoms with Crippen molar-refractivity contribution in [1.82, 2.24) is 29.5 Å². The molecule has 1 aliphatic heterocycles. The Morgan fingerprint density at radius 2 is 2.00 bits per heavy atom. The quantitative estimate of drug-likeness (QED) is 0.544. The first-order chi connectivity index (χ1) is 13.7. The average molecular weight is 376 g/mol. The van der Waals surface area contributed by atoms with Crippen LogP contribution in [0.3, 0.4) is 0 Å². The summed E-state index contributed by atoms with van der Waals surface area (Å²) in [6.07, 6.45) is 2.59. The highest BCUT2D eigenvalue weighted by Crippen LogP contribution is 2.19. The molecule has 1 aromatic carbocycles. The number of hydrogen-bond acceptors (Lipinski definition) is 8. The van der Waals surface area contributed by atoms with Crippen molar-refractivity contribution < 1.29 is 4.42 Å². The largest absolute Gasteiger partial charge is 0.461 e. The SMILES string of the molecule is Nc1nc(NC2CCN(Cc3ccccc3)C2)nc2nc(-c3ccco3)nn12. The summed E-state index contributed by atoms with van der Waals surface area (Å²) in [5.74, 6) is 2.08. The Morgan fingerprint density at radius 3 is 2.82 bits per heavy atom. The lowest BCUT2D eigenvalue weighted by Gasteiger charge is -2.16. The summed E-state index contributed by atoms with van der Waals surface area (Å²) in [4.78, 5) is 15.6. The summed E-state index contributed by atoms with van der Waals surface area (Å²) in [5.41, 5.74) is 7.37. The number of nitrogen functional groups attached to an aromatic ring is 1. The van der Waals surface area contributed by atoms with E-state index in [4.69, 9.17) is 10.2 Å². The number of aromatic nitrogens is 5. The summed E-state index contributed by atoms with van der Waals surface area (Å²) in [7, 11) is 0. The third-order valence-electron chi connectivity index (χ3n) is 4.83. The second kappa shape index (κ2) is 6.93. The van der Waals surface area contributed by atoms with Crippen LogP contribution in [0.4, 0.5) is 11.9 Å². The van der Waals surface area contributed by atoms with Crippen LogP contribution >= 0.6 is 0 Å². The van der Waals surface area contributed by atoms with Gasteiger partial charge in [-0.3, -0.25) is 4.90 Å². The molecular weight excluding hydrogens is 356 g/mol. The van der Waals surface area contributed by atoms with E-state index in [1.54, 1.807) is 18.4 Å². The number of rotatable bonds is 5. The van der Waals surface area contributed by atoms with Gasteiger partial charge in [0.05, 0.1) is 6.26 Å². The Kier molecular flexibility index (Phi) is 4.13. The van der Waals surface area contributed by atoms with Crippen molar-refractivity contribution in [2.24, 2.45) is 0 Å². The molecule has 0 aliphatic carbocycles. The maximum atomic E-state index is 6.06. The van der Waals surface area contributed by atoms with Crippen LogP contribution in [0.15, 0.2) is 53.1 Å². The molecule has 1 saturated heterocycles. The third-order valence-corrected chi connectivity index (χ3v) is 4.83. The second-order valence-corrected chi connectivity index (χ2v) is 6.88. The maximum Gasteiger partial charge on any atom is 0.259 e. The fourth-order valence-corrected chi connectivity index (χ4v) is 3.50. The van der Waals surface area contributed by atoms with Gasteiger partial charge in [-0.05, 0) is 24.1 Å². The van der Waals surface area contributed by atoms with E-state index in [0.29, 0.717) is 23.3 Å². The van der Waals surface area contributed by atoms with Gasteiger partial charge in [-0.25, -0.2) is 0 Å². The molecule has 3 N–H and O–H groups in total. The Labute approximate surface area is 161 Å². The molecule has 1 atom stereocenters. The maximum absolute atomic E-state index is 6.06. The molecule has 1 fully saturated rings. The summed E-state index contributed by atoms with van der Waals surface area (Å²) in [6, 6.07) is 14.3. The van der Waals surface area contributed by atoms with Gasteiger partial charge in [-0.15, -0.1) is 5.10 Å². The van der Waals surface area contributed by atoms with E-state index >= 15 is 0 Å². The second-order valence-electron chi connectivity index (χ2n) is 6.88. The summed E-state index contributed by atoms with van der Waals surface area (Å²) >= 11 is 0. The van der Waals surface area contributed by atoms with Crippen LogP contribution < -0.4 is 11.1 Å². The minimum atomic E-state index is 0.233. The van der Waals surface area contributed by atoms with E-state index in [1.807, 2.05) is 6.07 Å². The van der Waals surface area contributed by atoms with Gasteiger partial charge < -0.3 is 15.5 Å². The monoisotopic (exact) mass is 376 g/mol. The number of nitrogens with two attached hydrogens (primary N) is 1. The predicted octanol–water partition coefficient (Wildman–Crippen LogP) is 2.05. The Bertz CT molecular complexity index is 1080. The fourth-order valence-electron chi connectivity index (χ4n) is 3.50. The number of fused-ring (bicyclic) bond motifs is 1. The number of furan rings is 1. The molecule has 5 rings (SSSR count). The topological polar surface area (TPSA) is 110 Å². The molecular formula is C19H20N8O. The Balaban J connectivity index is 1.30. The van der Waals surface area contributed by atoms with Crippen molar-refractivity contribution in [2.45, 2.75) is 19.0 Å². The van der Waals surface area contributed by atoms with Crippen molar-refractivity contribution in [3.8, 4) is 11.6 Å². The van der Waals surface area contributed by atoms with E-state index in [0.717, 1.165) is 26.1 Å². The molecule has 1 aliphatic rings. The number of likely N-dealkylation sites (tertiary alicyclic amines) is 1. The van der Waals surface area contributed by atoms with Crippen LogP contribution in [0.2, 0.25) is 0 Å². The molecule has 4 aromatic rings. The molecule has 28 heavy (non-hydrogen) atoms. The minimum absolute atomic E-state index is 0.233. The van der Waals surface area contributed by atoms with Gasteiger partial charge in [0.2, 0.25) is 17.7 Å². The van der Waals surface area contributed by atoms with Gasteiger partial charge in [-0.2, -0.15) is 19.5 Å². The van der Waals surface area contributed by atoms with E-state index in [1.165, 1.54) is 10.1 Å². The highest BCUT2D eigenvalue weighted by atomic mass is 16.3. The number of nitrogens with zero attached hydrogens (tertiary/aromatic N) is 6. The van der Waals surface area contributed by atoms with Crippen molar-refractivity contribution in [3.63, 3.8) is 0 Å². The summed E-state index contributed by atoms with van der Waals surface area (Å²) in [5, 5.41) is 7.70. The lowest BCUT2D eigenvalue weighted by Crippen LogP contribution is -2.27. The molecule has 9 heteroatoms. The zero-order valence-corrected chi connectivity index (χ0v) is 15.2. The van der Waals surface area contributed by atoms with Crippen LogP contribution in [-0.2, 0) is 6.54 Å². The van der Waals surface area contributed by atoms with Crippen molar-refractivity contribution in [1.29, 1.82) is 0 Å². The number of anilines is 2. The molecule has 3 aromatic heterocycles. The van der Waals surface area contributed by atoms with Gasteiger partial charge in [0.1, 0.15) is 0 Å². The molecule has 0 amide bonds. The Hall–Kier alpha value is -3.46. The zero-order chi connectivity index (χ0) is 18.9. The van der Waals surface area contributed by atoms with Crippen molar-refractivity contribution >= 4 is 17.7 Å². The van der Waals surface area contributed by atoms with Gasteiger partial charge in [0.15, 0.2) is 5.76 Å². The Morgan fingerprint density at radius 1 is 1.11 bits per heavy atom. The van der Waals surface area contributed by atoms with Gasteiger partial charge in [0.25, 0.3) is 5.78 Å². The number of nitrogens with one attached hydrogen (secondary N) is 1. The smallest absolute Gasteiger partial charge is 0.259 e. The summed E-state index contributed by atoms with van der Waals surface area (Å²) in [6.45, 7) is 2.89. The highest BCUT2D eigenvalue weighted by Gasteiger charge is 2.23. The van der Waals surface area contributed by atoms with Gasteiger partial charge >= 0.3 is 0 Å². The molecule has 0 saturated carbocycles. The van der Waals surface area contributed by atoms with Crippen LogP contribution in [0, 0.1) is 0 Å². The lowest BCUT2D eigenvalue weighted by molar-refractivity contribution is 0.328. The first-order valence-electron chi connectivity index (χ1n) is 9.21. The summed E-state index contributed by atoms with van der Waals surface area (Å²) < 4.78 is 6.76. The van der Waals surface area contributed by atoms with Crippen LogP contribution in [0.5, 0.6) is 0 Å². The molecule has 0 radical (unpaired) electrons. The van der Waals surface area contributed by atoms with E-state index < -0.39 is 0 Å². The minimum Gasteiger partial charge on any atom is -0.461 e. The molecule has 0 spiro atoms. The zero-order valence-electron chi connectivity index (χ0n) is 15.2. The molecule has 142 valence electrons. The normalized spacial score (nSPS) is 17.4. The van der Waals surface area contributed by atoms with Crippen molar-refractivity contribution in [2.75, 3.05) is 24.1 Å². The van der Waals surface area contributed by atoms with Crippen LogP contribution in [-0.4, -0.2) is 48.6 Å². The fraction of sp³-hybridized carbons (Fsp3) is 0.263. The first-order valence-corrected chi connectivity index (χ1v) is 9.21. The lowest BCUT2D eigenvalue weighted by atomic mass is 10.2. The average Bonchev–Trinajstić information content (AvgIpc) is 3.43. The van der Waals surface area contributed by atoms with E-state index in [-0.39, 0.29) is 12.0 Å². The van der Waals surface area contributed by atoms with Gasteiger partial charge in [0, 0.05) is 25.7 Å². The molecule has 9 nitrogen and oxygen atoms in total.